The molecule has 0 amide bonds. The van der Waals surface area contributed by atoms with Crippen LogP contribution in [0, 0.1) is 5.92 Å². The van der Waals surface area contributed by atoms with Gasteiger partial charge in [0.15, 0.2) is 0 Å². The molecule has 0 unspecified atom stereocenters. The minimum absolute atomic E-state index is 0.574. The van der Waals surface area contributed by atoms with Gasteiger partial charge >= 0.3 is 0 Å². The molecule has 0 aromatic carbocycles. The largest absolute Gasteiger partial charge is 0.387 e. The van der Waals surface area contributed by atoms with Crippen molar-refractivity contribution in [3.63, 3.8) is 0 Å². The fraction of sp³-hybridized carbons (Fsp3) is 0.917. The summed E-state index contributed by atoms with van der Waals surface area (Å²) in [5, 5.41) is 0. The number of nitrogens with two attached hydrogens (primary N) is 1. The summed E-state index contributed by atoms with van der Waals surface area (Å²) in [6.45, 7) is 5.68. The van der Waals surface area contributed by atoms with Gasteiger partial charge in [-0.3, -0.25) is 9.89 Å². The quantitative estimate of drug-likeness (QED) is 0.570. The number of ether oxygens (including phenoxy) is 1. The van der Waals surface area contributed by atoms with Crippen LogP contribution in [0.2, 0.25) is 0 Å². The van der Waals surface area contributed by atoms with Gasteiger partial charge in [-0.15, -0.1) is 0 Å². The van der Waals surface area contributed by atoms with Crippen molar-refractivity contribution in [1.29, 1.82) is 0 Å². The highest BCUT2D eigenvalue weighted by Gasteiger charge is 2.18. The second-order valence-electron chi connectivity index (χ2n) is 4.74. The highest BCUT2D eigenvalue weighted by atomic mass is 16.5. The number of nitrogens with zero attached hydrogens (tertiary/aromatic N) is 2. The summed E-state index contributed by atoms with van der Waals surface area (Å²) >= 11 is 0. The van der Waals surface area contributed by atoms with E-state index in [9.17, 15) is 0 Å². The van der Waals surface area contributed by atoms with Crippen molar-refractivity contribution < 1.29 is 4.74 Å². The molecular formula is C12H23N3O. The topological polar surface area (TPSA) is 50.8 Å². The zero-order chi connectivity index (χ0) is 11.2. The molecular weight excluding hydrogens is 202 g/mol. The van der Waals surface area contributed by atoms with Crippen LogP contribution >= 0.6 is 0 Å². The molecule has 4 nitrogen and oxygen atoms in total. The molecule has 1 heterocycles. The van der Waals surface area contributed by atoms with Gasteiger partial charge in [-0.05, 0) is 12.8 Å². The van der Waals surface area contributed by atoms with Gasteiger partial charge in [0, 0.05) is 25.6 Å². The van der Waals surface area contributed by atoms with Crippen LogP contribution in [0.25, 0.3) is 0 Å². The summed E-state index contributed by atoms with van der Waals surface area (Å²) in [6.07, 6.45) is 5.13. The first-order valence-corrected chi connectivity index (χ1v) is 6.46. The van der Waals surface area contributed by atoms with E-state index in [0.717, 1.165) is 45.2 Å². The standard InChI is InChI=1S/C12H23N3O/c13-12(11-3-1-2-4-11)14-5-6-15-7-9-16-10-8-15/h11H,1-10H2,(H2,13,14). The van der Waals surface area contributed by atoms with Gasteiger partial charge in [0.2, 0.25) is 0 Å². The van der Waals surface area contributed by atoms with Crippen molar-refractivity contribution in [3.05, 3.63) is 0 Å². The number of hydrogen-bond acceptors (Lipinski definition) is 3. The van der Waals surface area contributed by atoms with Gasteiger partial charge in [0.25, 0.3) is 0 Å². The monoisotopic (exact) mass is 225 g/mol. The normalized spacial score (nSPS) is 25.1. The van der Waals surface area contributed by atoms with Gasteiger partial charge < -0.3 is 10.5 Å². The fourth-order valence-corrected chi connectivity index (χ4v) is 2.50. The Balaban J connectivity index is 1.66. The number of aliphatic imine (C=N–C) groups is 1. The van der Waals surface area contributed by atoms with Gasteiger partial charge in [-0.25, -0.2) is 0 Å². The number of rotatable bonds is 4. The van der Waals surface area contributed by atoms with E-state index >= 15 is 0 Å². The SMILES string of the molecule is NC(=NCCN1CCOCC1)C1CCCC1. The molecule has 2 N–H and O–H groups in total. The van der Waals surface area contributed by atoms with Gasteiger partial charge in [0.05, 0.1) is 25.6 Å². The van der Waals surface area contributed by atoms with Crippen LogP contribution in [0.4, 0.5) is 0 Å². The van der Waals surface area contributed by atoms with Crippen LogP contribution in [-0.4, -0.2) is 50.1 Å². The lowest BCUT2D eigenvalue weighted by molar-refractivity contribution is 0.0394. The first kappa shape index (κ1) is 11.9. The van der Waals surface area contributed by atoms with Crippen LogP contribution in [0.3, 0.4) is 0 Å². The third-order valence-corrected chi connectivity index (χ3v) is 3.59. The smallest absolute Gasteiger partial charge is 0.0968 e. The molecule has 92 valence electrons. The maximum absolute atomic E-state index is 6.00. The Hall–Kier alpha value is -0.610. The Morgan fingerprint density at radius 1 is 1.25 bits per heavy atom. The van der Waals surface area contributed by atoms with E-state index in [-0.39, 0.29) is 0 Å². The summed E-state index contributed by atoms with van der Waals surface area (Å²) in [7, 11) is 0. The molecule has 1 aliphatic heterocycles. The molecule has 2 aliphatic rings. The van der Waals surface area contributed by atoms with E-state index < -0.39 is 0 Å². The summed E-state index contributed by atoms with van der Waals surface area (Å²) in [5.41, 5.74) is 6.00. The van der Waals surface area contributed by atoms with Gasteiger partial charge in [-0.1, -0.05) is 12.8 Å². The third kappa shape index (κ3) is 3.46. The number of hydrogen-bond donors (Lipinski definition) is 1. The highest BCUT2D eigenvalue weighted by Crippen LogP contribution is 2.24. The lowest BCUT2D eigenvalue weighted by Gasteiger charge is -2.25. The van der Waals surface area contributed by atoms with Crippen LogP contribution in [0.1, 0.15) is 25.7 Å². The Labute approximate surface area is 97.9 Å². The molecule has 1 saturated carbocycles. The molecule has 0 aromatic heterocycles. The molecule has 0 aromatic rings. The Morgan fingerprint density at radius 2 is 1.94 bits per heavy atom. The lowest BCUT2D eigenvalue weighted by Crippen LogP contribution is -2.38. The summed E-state index contributed by atoms with van der Waals surface area (Å²) < 4.78 is 5.31. The Kier molecular flexibility index (Phi) is 4.60. The predicted octanol–water partition coefficient (Wildman–Crippen LogP) is 0.866. The average Bonchev–Trinajstić information content (AvgIpc) is 2.84. The molecule has 0 bridgehead atoms. The van der Waals surface area contributed by atoms with Crippen LogP contribution in [0.5, 0.6) is 0 Å². The molecule has 0 atom stereocenters. The van der Waals surface area contributed by atoms with E-state index in [2.05, 4.69) is 9.89 Å². The fourth-order valence-electron chi connectivity index (χ4n) is 2.50. The Bertz CT molecular complexity index is 230. The van der Waals surface area contributed by atoms with E-state index in [4.69, 9.17) is 10.5 Å². The average molecular weight is 225 g/mol. The van der Waals surface area contributed by atoms with E-state index in [1.807, 2.05) is 0 Å². The molecule has 4 heteroatoms. The zero-order valence-electron chi connectivity index (χ0n) is 10.0. The zero-order valence-corrected chi connectivity index (χ0v) is 10.0. The first-order valence-electron chi connectivity index (χ1n) is 6.46. The van der Waals surface area contributed by atoms with Crippen LogP contribution in [-0.2, 0) is 4.74 Å². The molecule has 0 radical (unpaired) electrons. The molecule has 1 saturated heterocycles. The summed E-state index contributed by atoms with van der Waals surface area (Å²) in [4.78, 5) is 6.91. The first-order chi connectivity index (χ1) is 7.86. The third-order valence-electron chi connectivity index (χ3n) is 3.59. The van der Waals surface area contributed by atoms with Crippen molar-refractivity contribution in [3.8, 4) is 0 Å². The minimum Gasteiger partial charge on any atom is -0.387 e. The van der Waals surface area contributed by atoms with E-state index in [1.54, 1.807) is 0 Å². The van der Waals surface area contributed by atoms with Crippen molar-refractivity contribution >= 4 is 5.84 Å². The minimum atomic E-state index is 0.574. The van der Waals surface area contributed by atoms with Crippen LogP contribution < -0.4 is 5.73 Å². The number of amidine groups is 1. The maximum atomic E-state index is 6.00. The number of morpholine rings is 1. The van der Waals surface area contributed by atoms with Crippen LogP contribution in [0.15, 0.2) is 4.99 Å². The molecule has 2 fully saturated rings. The lowest BCUT2D eigenvalue weighted by atomic mass is 10.1. The van der Waals surface area contributed by atoms with Crippen molar-refractivity contribution in [2.24, 2.45) is 16.6 Å². The van der Waals surface area contributed by atoms with Gasteiger partial charge in [0.1, 0.15) is 0 Å². The maximum Gasteiger partial charge on any atom is 0.0968 e. The molecule has 0 spiro atoms. The Morgan fingerprint density at radius 3 is 2.62 bits per heavy atom. The molecule has 2 rings (SSSR count). The second-order valence-corrected chi connectivity index (χ2v) is 4.74. The van der Waals surface area contributed by atoms with Crippen molar-refractivity contribution in [2.45, 2.75) is 25.7 Å². The van der Waals surface area contributed by atoms with E-state index in [1.165, 1.54) is 25.7 Å². The van der Waals surface area contributed by atoms with Crippen molar-refractivity contribution in [1.82, 2.24) is 4.90 Å². The van der Waals surface area contributed by atoms with Gasteiger partial charge in [-0.2, -0.15) is 0 Å². The summed E-state index contributed by atoms with van der Waals surface area (Å²) in [6, 6.07) is 0. The predicted molar refractivity (Wildman–Crippen MR) is 65.7 cm³/mol. The molecule has 16 heavy (non-hydrogen) atoms. The summed E-state index contributed by atoms with van der Waals surface area (Å²) in [5.74, 6) is 1.47. The van der Waals surface area contributed by atoms with E-state index in [0.29, 0.717) is 5.92 Å². The molecule has 1 aliphatic carbocycles. The highest BCUT2D eigenvalue weighted by molar-refractivity contribution is 5.83. The van der Waals surface area contributed by atoms with Crippen molar-refractivity contribution in [2.75, 3.05) is 39.4 Å². The second kappa shape index (κ2) is 6.21.